The van der Waals surface area contributed by atoms with Crippen LogP contribution in [0.3, 0.4) is 0 Å². The van der Waals surface area contributed by atoms with Crippen LogP contribution in [0.25, 0.3) is 0 Å². The Morgan fingerprint density at radius 1 is 1.06 bits per heavy atom. The van der Waals surface area contributed by atoms with E-state index in [2.05, 4.69) is 0 Å². The molecule has 0 spiro atoms. The summed E-state index contributed by atoms with van der Waals surface area (Å²) in [6, 6.07) is 13.5. The van der Waals surface area contributed by atoms with E-state index >= 15 is 0 Å². The van der Waals surface area contributed by atoms with Crippen molar-refractivity contribution in [3.63, 3.8) is 0 Å². The van der Waals surface area contributed by atoms with Crippen LogP contribution in [0.15, 0.2) is 78.3 Å². The molecule has 10 heteroatoms. The number of fused-ring (bicyclic) bond motifs is 1. The van der Waals surface area contributed by atoms with Crippen LogP contribution in [0.5, 0.6) is 0 Å². The van der Waals surface area contributed by atoms with E-state index in [0.717, 1.165) is 18.1 Å². The predicted molar refractivity (Wildman–Crippen MR) is 120 cm³/mol. The van der Waals surface area contributed by atoms with E-state index in [-0.39, 0.29) is 25.6 Å². The van der Waals surface area contributed by atoms with Gasteiger partial charge in [-0.2, -0.15) is 18.2 Å². The number of hydrazine groups is 1. The molecule has 0 aliphatic carbocycles. The van der Waals surface area contributed by atoms with Crippen molar-refractivity contribution in [3.8, 4) is 0 Å². The van der Waals surface area contributed by atoms with Crippen molar-refractivity contribution in [2.75, 3.05) is 19.9 Å². The van der Waals surface area contributed by atoms with Gasteiger partial charge >= 0.3 is 6.18 Å². The number of benzene rings is 2. The molecular weight excluding hydrogens is 471 g/mol. The van der Waals surface area contributed by atoms with Gasteiger partial charge in [0.05, 0.1) is 19.3 Å². The molecule has 0 aromatic heterocycles. The van der Waals surface area contributed by atoms with Crippen molar-refractivity contribution < 1.29 is 27.8 Å². The first-order valence-electron chi connectivity index (χ1n) is 10.6. The molecule has 1 fully saturated rings. The number of amides is 1. The number of rotatable bonds is 4. The summed E-state index contributed by atoms with van der Waals surface area (Å²) in [7, 11) is 0. The summed E-state index contributed by atoms with van der Waals surface area (Å²) < 4.78 is 46.5. The lowest BCUT2D eigenvalue weighted by atomic mass is 9.97. The highest BCUT2D eigenvalue weighted by Gasteiger charge is 2.49. The summed E-state index contributed by atoms with van der Waals surface area (Å²) in [6.07, 6.45) is -1.49. The van der Waals surface area contributed by atoms with Crippen LogP contribution >= 0.6 is 11.6 Å². The average Bonchev–Trinajstić information content (AvgIpc) is 2.79. The molecule has 2 heterocycles. The van der Waals surface area contributed by atoms with E-state index in [4.69, 9.17) is 16.3 Å². The third-order valence-electron chi connectivity index (χ3n) is 5.78. The van der Waals surface area contributed by atoms with Crippen LogP contribution in [0.4, 0.5) is 13.2 Å². The topological polar surface area (TPSA) is 56.3 Å². The molecule has 2 aliphatic rings. The summed E-state index contributed by atoms with van der Waals surface area (Å²) in [5, 5.41) is 14.2. The maximum atomic E-state index is 13.7. The van der Waals surface area contributed by atoms with Crippen molar-refractivity contribution in [1.29, 1.82) is 0 Å². The van der Waals surface area contributed by atoms with Crippen molar-refractivity contribution in [1.82, 2.24) is 14.9 Å². The highest BCUT2D eigenvalue weighted by Crippen LogP contribution is 2.38. The monoisotopic (exact) mass is 493 g/mol. The Bertz CT molecular complexity index is 1090. The molecular formula is C24H23ClF3N3O3. The zero-order valence-corrected chi connectivity index (χ0v) is 19.0. The number of alkyl halides is 3. The van der Waals surface area contributed by atoms with Gasteiger partial charge in [0, 0.05) is 11.2 Å². The molecule has 2 atom stereocenters. The summed E-state index contributed by atoms with van der Waals surface area (Å²) >= 11 is 6.08. The van der Waals surface area contributed by atoms with Crippen LogP contribution in [-0.4, -0.2) is 58.0 Å². The van der Waals surface area contributed by atoms with Gasteiger partial charge in [0.1, 0.15) is 18.4 Å². The van der Waals surface area contributed by atoms with E-state index in [0.29, 0.717) is 9.92 Å². The lowest BCUT2D eigenvalue weighted by molar-refractivity contribution is -0.203. The minimum absolute atomic E-state index is 0.162. The number of aliphatic hydroxyl groups excluding tert-OH is 1. The molecule has 2 aromatic rings. The van der Waals surface area contributed by atoms with Crippen LogP contribution in [-0.2, 0) is 9.53 Å². The predicted octanol–water partition coefficient (Wildman–Crippen LogP) is 5.01. The molecule has 1 amide bonds. The smallest absolute Gasteiger partial charge is 0.408 e. The molecule has 0 radical (unpaired) electrons. The van der Waals surface area contributed by atoms with Crippen molar-refractivity contribution in [2.24, 2.45) is 0 Å². The largest absolute Gasteiger partial charge is 0.507 e. The van der Waals surface area contributed by atoms with Gasteiger partial charge in [0.25, 0.3) is 5.91 Å². The molecule has 6 nitrogen and oxygen atoms in total. The van der Waals surface area contributed by atoms with E-state index in [1.165, 1.54) is 11.2 Å². The standard InChI is InChI=1S/C24H23ClF3N3O3/c1-16(24(26,27)28)29-15-31(30-12-5-13-34-14-20(32)22(30)23(29)33)21(17-6-3-2-4-7-17)18-8-10-19(25)11-9-18/h2-12,16,21,32H,13-15H2,1H3/b12-5-,22-20+/t16-,21?/m1/s1. The second-order valence-electron chi connectivity index (χ2n) is 7.98. The Morgan fingerprint density at radius 3 is 2.35 bits per heavy atom. The first-order chi connectivity index (χ1) is 16.2. The zero-order valence-electron chi connectivity index (χ0n) is 18.2. The normalized spacial score (nSPS) is 22.6. The third-order valence-corrected chi connectivity index (χ3v) is 6.03. The number of hydrogen-bond donors (Lipinski definition) is 1. The minimum Gasteiger partial charge on any atom is -0.507 e. The molecule has 2 aromatic carbocycles. The third kappa shape index (κ3) is 4.77. The van der Waals surface area contributed by atoms with Gasteiger partial charge in [-0.15, -0.1) is 0 Å². The lowest BCUT2D eigenvalue weighted by Gasteiger charge is -2.49. The quantitative estimate of drug-likeness (QED) is 0.648. The maximum Gasteiger partial charge on any atom is 0.408 e. The summed E-state index contributed by atoms with van der Waals surface area (Å²) in [5.74, 6) is -1.38. The van der Waals surface area contributed by atoms with Gasteiger partial charge in [-0.1, -0.05) is 54.1 Å². The van der Waals surface area contributed by atoms with E-state index in [1.807, 2.05) is 30.3 Å². The van der Waals surface area contributed by atoms with Crippen LogP contribution in [0, 0.1) is 0 Å². The minimum atomic E-state index is -4.66. The molecule has 34 heavy (non-hydrogen) atoms. The number of nitrogens with zero attached hydrogens (tertiary/aromatic N) is 3. The lowest BCUT2D eigenvalue weighted by Crippen LogP contribution is -2.62. The molecule has 0 saturated carbocycles. The first kappa shape index (κ1) is 24.1. The fourth-order valence-electron chi connectivity index (χ4n) is 4.00. The van der Waals surface area contributed by atoms with Crippen molar-refractivity contribution >= 4 is 17.5 Å². The first-order valence-corrected chi connectivity index (χ1v) is 11.0. The molecule has 180 valence electrons. The number of hydrogen-bond acceptors (Lipinski definition) is 5. The molecule has 1 unspecified atom stereocenters. The summed E-state index contributed by atoms with van der Waals surface area (Å²) in [6.45, 7) is 0.415. The molecule has 1 N–H and O–H groups in total. The fourth-order valence-corrected chi connectivity index (χ4v) is 4.13. The van der Waals surface area contributed by atoms with Crippen LogP contribution < -0.4 is 0 Å². The van der Waals surface area contributed by atoms with Gasteiger partial charge in [-0.25, -0.2) is 0 Å². The van der Waals surface area contributed by atoms with Gasteiger partial charge < -0.3 is 14.7 Å². The van der Waals surface area contributed by atoms with Gasteiger partial charge in [0.15, 0.2) is 5.70 Å². The van der Waals surface area contributed by atoms with E-state index < -0.39 is 29.9 Å². The maximum absolute atomic E-state index is 13.7. The number of ether oxygens (including phenoxy) is 1. The summed E-state index contributed by atoms with van der Waals surface area (Å²) in [5.41, 5.74) is 1.24. The SMILES string of the molecule is C[C@@H](N1CN(C(c2ccccc2)c2ccc(Cl)cc2)N2/C=C\COC/C(O)=C\2C1=O)C(F)(F)F. The van der Waals surface area contributed by atoms with Gasteiger partial charge in [0.2, 0.25) is 0 Å². The summed E-state index contributed by atoms with van der Waals surface area (Å²) in [4.78, 5) is 14.0. The number of aliphatic hydroxyl groups is 1. The van der Waals surface area contributed by atoms with Crippen LogP contribution in [0.1, 0.15) is 24.1 Å². The van der Waals surface area contributed by atoms with E-state index in [9.17, 15) is 23.1 Å². The Labute approximate surface area is 200 Å². The Morgan fingerprint density at radius 2 is 1.71 bits per heavy atom. The second kappa shape index (κ2) is 9.69. The van der Waals surface area contributed by atoms with Gasteiger partial charge in [-0.05, 0) is 36.3 Å². The Kier molecular flexibility index (Phi) is 6.88. The number of carbonyl (C=O) groups excluding carboxylic acids is 1. The van der Waals surface area contributed by atoms with Gasteiger partial charge in [-0.3, -0.25) is 9.80 Å². The second-order valence-corrected chi connectivity index (χ2v) is 8.41. The molecule has 2 aliphatic heterocycles. The average molecular weight is 494 g/mol. The molecule has 0 bridgehead atoms. The fraction of sp³-hybridized carbons (Fsp3) is 0.292. The highest BCUT2D eigenvalue weighted by molar-refractivity contribution is 6.30. The van der Waals surface area contributed by atoms with Crippen molar-refractivity contribution in [2.45, 2.75) is 25.2 Å². The molecule has 1 saturated heterocycles. The van der Waals surface area contributed by atoms with E-state index in [1.54, 1.807) is 35.4 Å². The Hall–Kier alpha value is -3.01. The number of halogens is 4. The number of carbonyl (C=O) groups is 1. The highest BCUT2D eigenvalue weighted by atomic mass is 35.5. The molecule has 4 rings (SSSR count). The Balaban J connectivity index is 1.90. The zero-order chi connectivity index (χ0) is 24.5. The van der Waals surface area contributed by atoms with Crippen molar-refractivity contribution in [3.05, 3.63) is 94.5 Å². The van der Waals surface area contributed by atoms with Crippen LogP contribution in [0.2, 0.25) is 5.02 Å².